The van der Waals surface area contributed by atoms with Crippen LogP contribution in [0.1, 0.15) is 42.5 Å². The Hall–Kier alpha value is -2.32. The van der Waals surface area contributed by atoms with Crippen LogP contribution in [0.4, 0.5) is 4.79 Å². The number of benzene rings is 3. The molecule has 0 bridgehead atoms. The summed E-state index contributed by atoms with van der Waals surface area (Å²) in [5.74, 6) is 0.947. The summed E-state index contributed by atoms with van der Waals surface area (Å²) in [6.45, 7) is 26.2. The average molecular weight is 683 g/mol. The van der Waals surface area contributed by atoms with E-state index in [1.165, 1.54) is 11.1 Å². The SMILES string of the molecule is Cc1ccc(C(C)(C)c2ccc(OC(=O)Oc3ccccc3CCC[Si](C)(O[Si](C)(C)C)O[Si](C)(C)O[Si](C)(C)C)cc2)cc1. The summed E-state index contributed by atoms with van der Waals surface area (Å²) in [7, 11) is -8.52. The molecule has 0 radical (unpaired) electrons. The zero-order chi connectivity index (χ0) is 33.7. The summed E-state index contributed by atoms with van der Waals surface area (Å²) < 4.78 is 31.4. The Morgan fingerprint density at radius 2 is 1.20 bits per heavy atom. The van der Waals surface area contributed by atoms with E-state index in [2.05, 4.69) is 104 Å². The third-order valence-corrected chi connectivity index (χ3v) is 20.9. The minimum atomic E-state index is -2.53. The number of para-hydroxylation sites is 1. The predicted octanol–water partition coefficient (Wildman–Crippen LogP) is 10.3. The first kappa shape index (κ1) is 37.1. The van der Waals surface area contributed by atoms with Gasteiger partial charge in [-0.15, -0.1) is 0 Å². The van der Waals surface area contributed by atoms with Gasteiger partial charge in [0.1, 0.15) is 11.5 Å². The van der Waals surface area contributed by atoms with E-state index >= 15 is 0 Å². The smallest absolute Gasteiger partial charge is 0.437 e. The second-order valence-corrected chi connectivity index (χ2v) is 31.5. The van der Waals surface area contributed by atoms with Crippen molar-refractivity contribution >= 4 is 39.9 Å². The molecule has 246 valence electrons. The van der Waals surface area contributed by atoms with E-state index in [1.807, 2.05) is 48.5 Å². The van der Waals surface area contributed by atoms with Crippen molar-refractivity contribution in [2.45, 2.75) is 104 Å². The fraction of sp³-hybridized carbons (Fsp3) is 0.457. The highest BCUT2D eigenvalue weighted by Crippen LogP contribution is 2.33. The van der Waals surface area contributed by atoms with Crippen molar-refractivity contribution < 1.29 is 26.6 Å². The number of hydrogen-bond acceptors (Lipinski definition) is 6. The van der Waals surface area contributed by atoms with Gasteiger partial charge < -0.3 is 21.8 Å². The molecular formula is C35H54O6Si4. The monoisotopic (exact) mass is 682 g/mol. The van der Waals surface area contributed by atoms with Gasteiger partial charge in [-0.1, -0.05) is 74.0 Å². The van der Waals surface area contributed by atoms with Crippen LogP contribution in [0.2, 0.25) is 65.0 Å². The molecular weight excluding hydrogens is 629 g/mol. The normalized spacial score (nSPS) is 14.1. The molecule has 1 atom stereocenters. The molecule has 6 nitrogen and oxygen atoms in total. The number of ether oxygens (including phenoxy) is 2. The fourth-order valence-electron chi connectivity index (χ4n) is 5.74. The highest BCUT2D eigenvalue weighted by atomic mass is 28.5. The molecule has 0 aliphatic carbocycles. The maximum absolute atomic E-state index is 12.9. The lowest BCUT2D eigenvalue weighted by Gasteiger charge is -2.41. The molecule has 0 aromatic heterocycles. The van der Waals surface area contributed by atoms with Crippen LogP contribution in [0.3, 0.4) is 0 Å². The first-order valence-electron chi connectivity index (χ1n) is 15.9. The summed E-state index contributed by atoms with van der Waals surface area (Å²) in [6, 6.07) is 24.7. The Kier molecular flexibility index (Phi) is 12.1. The number of carbonyl (C=O) groups excluding carboxylic acids is 1. The molecule has 0 aliphatic rings. The second kappa shape index (κ2) is 14.6. The van der Waals surface area contributed by atoms with Crippen LogP contribution in [0.5, 0.6) is 11.5 Å². The number of rotatable bonds is 14. The first-order valence-corrected chi connectivity index (χ1v) is 28.1. The Morgan fingerprint density at radius 1 is 0.667 bits per heavy atom. The van der Waals surface area contributed by atoms with Crippen LogP contribution in [0.25, 0.3) is 0 Å². The van der Waals surface area contributed by atoms with Gasteiger partial charge in [-0.25, -0.2) is 4.79 Å². The molecule has 0 heterocycles. The van der Waals surface area contributed by atoms with E-state index in [-0.39, 0.29) is 5.41 Å². The van der Waals surface area contributed by atoms with Gasteiger partial charge in [0.2, 0.25) is 0 Å². The van der Waals surface area contributed by atoms with Crippen molar-refractivity contribution in [3.63, 3.8) is 0 Å². The lowest BCUT2D eigenvalue weighted by Crippen LogP contribution is -2.56. The van der Waals surface area contributed by atoms with Crippen LogP contribution in [0, 0.1) is 6.92 Å². The summed E-state index contributed by atoms with van der Waals surface area (Å²) in [5.41, 5.74) is 4.36. The molecule has 3 aromatic carbocycles. The second-order valence-electron chi connectivity index (χ2n) is 15.0. The van der Waals surface area contributed by atoms with E-state index < -0.39 is 39.9 Å². The Balaban J connectivity index is 1.64. The Labute approximate surface area is 276 Å². The molecule has 3 rings (SSSR count). The van der Waals surface area contributed by atoms with E-state index in [0.717, 1.165) is 30.0 Å². The summed E-state index contributed by atoms with van der Waals surface area (Å²) >= 11 is 0. The first-order chi connectivity index (χ1) is 20.7. The van der Waals surface area contributed by atoms with Crippen molar-refractivity contribution in [1.29, 1.82) is 0 Å². The maximum atomic E-state index is 12.9. The van der Waals surface area contributed by atoms with Crippen LogP contribution < -0.4 is 9.47 Å². The van der Waals surface area contributed by atoms with Crippen molar-refractivity contribution in [1.82, 2.24) is 0 Å². The minimum Gasteiger partial charge on any atom is -0.437 e. The van der Waals surface area contributed by atoms with Gasteiger partial charge >= 0.3 is 23.3 Å². The average Bonchev–Trinajstić information content (AvgIpc) is 2.87. The summed E-state index contributed by atoms with van der Waals surface area (Å²) in [6.07, 6.45) is 0.816. The topological polar surface area (TPSA) is 63.2 Å². The quantitative estimate of drug-likeness (QED) is 0.0958. The number of hydrogen-bond donors (Lipinski definition) is 0. The molecule has 10 heteroatoms. The van der Waals surface area contributed by atoms with Crippen LogP contribution >= 0.6 is 0 Å². The summed E-state index contributed by atoms with van der Waals surface area (Å²) in [5, 5.41) is 0. The van der Waals surface area contributed by atoms with E-state index in [9.17, 15) is 4.79 Å². The zero-order valence-corrected chi connectivity index (χ0v) is 33.5. The number of aryl methyl sites for hydroxylation is 2. The number of carbonyl (C=O) groups is 1. The molecule has 0 saturated carbocycles. The lowest BCUT2D eigenvalue weighted by atomic mass is 9.78. The molecule has 1 unspecified atom stereocenters. The van der Waals surface area contributed by atoms with Gasteiger partial charge in [0.25, 0.3) is 0 Å². The van der Waals surface area contributed by atoms with E-state index in [4.69, 9.17) is 21.8 Å². The van der Waals surface area contributed by atoms with Crippen LogP contribution in [-0.2, 0) is 24.2 Å². The van der Waals surface area contributed by atoms with E-state index in [0.29, 0.717) is 11.5 Å². The van der Waals surface area contributed by atoms with Gasteiger partial charge in [0, 0.05) is 5.41 Å². The molecule has 0 fully saturated rings. The Morgan fingerprint density at radius 3 is 1.76 bits per heavy atom. The summed E-state index contributed by atoms with van der Waals surface area (Å²) in [4.78, 5) is 12.9. The lowest BCUT2D eigenvalue weighted by molar-refractivity contribution is 0.151. The zero-order valence-electron chi connectivity index (χ0n) is 29.5. The highest BCUT2D eigenvalue weighted by molar-refractivity contribution is 6.89. The van der Waals surface area contributed by atoms with Crippen molar-refractivity contribution in [2.24, 2.45) is 0 Å². The van der Waals surface area contributed by atoms with Crippen molar-refractivity contribution in [3.05, 3.63) is 95.1 Å². The molecule has 0 amide bonds. The van der Waals surface area contributed by atoms with Crippen molar-refractivity contribution in [2.75, 3.05) is 0 Å². The van der Waals surface area contributed by atoms with Gasteiger partial charge in [0.05, 0.1) is 0 Å². The Bertz CT molecular complexity index is 1410. The molecule has 3 aromatic rings. The third kappa shape index (κ3) is 12.1. The van der Waals surface area contributed by atoms with Gasteiger partial charge in [-0.05, 0) is 120 Å². The van der Waals surface area contributed by atoms with Crippen LogP contribution in [-0.4, -0.2) is 39.9 Å². The van der Waals surface area contributed by atoms with Crippen molar-refractivity contribution in [3.8, 4) is 11.5 Å². The van der Waals surface area contributed by atoms with E-state index in [1.54, 1.807) is 0 Å². The predicted molar refractivity (Wildman–Crippen MR) is 195 cm³/mol. The highest BCUT2D eigenvalue weighted by Gasteiger charge is 2.44. The standard InChI is InChI=1S/C35H54O6Si4/c1-28-19-21-30(22-20-28)35(2,3)31-23-25-32(26-24-31)37-34(36)38-33-18-14-13-16-29(33)17-15-27-45(12,40-43(7,8)9)41-44(10,11)39-42(4,5)6/h13-14,16,18-26H,15,17,27H2,1-12H3. The maximum Gasteiger partial charge on any atom is 0.519 e. The van der Waals surface area contributed by atoms with Crippen LogP contribution in [0.15, 0.2) is 72.8 Å². The minimum absolute atomic E-state index is 0.185. The molecule has 0 N–H and O–H groups in total. The van der Waals surface area contributed by atoms with Gasteiger partial charge in [0.15, 0.2) is 16.6 Å². The third-order valence-electron chi connectivity index (χ3n) is 7.33. The molecule has 0 aliphatic heterocycles. The van der Waals surface area contributed by atoms with Gasteiger partial charge in [-0.2, -0.15) is 0 Å². The van der Waals surface area contributed by atoms with Gasteiger partial charge in [-0.3, -0.25) is 0 Å². The molecule has 45 heavy (non-hydrogen) atoms. The molecule has 0 saturated heterocycles. The largest absolute Gasteiger partial charge is 0.519 e. The molecule has 0 spiro atoms. The fourth-order valence-corrected chi connectivity index (χ4v) is 23.7.